The Morgan fingerprint density at radius 1 is 1.10 bits per heavy atom. The van der Waals surface area contributed by atoms with Gasteiger partial charge >= 0.3 is 0 Å². The molecule has 0 aliphatic heterocycles. The maximum absolute atomic E-state index is 3.57. The molecule has 1 atom stereocenters. The van der Waals surface area contributed by atoms with Crippen molar-refractivity contribution in [3.05, 3.63) is 59.9 Å². The van der Waals surface area contributed by atoms with Gasteiger partial charge < -0.3 is 9.88 Å². The lowest BCUT2D eigenvalue weighted by Crippen LogP contribution is -2.18. The van der Waals surface area contributed by atoms with Crippen molar-refractivity contribution in [2.45, 2.75) is 45.7 Å². The third-order valence-corrected chi connectivity index (χ3v) is 3.82. The molecule has 0 fully saturated rings. The number of nitrogens with zero attached hydrogens (tertiary/aromatic N) is 1. The topological polar surface area (TPSA) is 17.0 Å². The summed E-state index contributed by atoms with van der Waals surface area (Å²) in [7, 11) is 0. The van der Waals surface area contributed by atoms with Crippen LogP contribution in [-0.4, -0.2) is 11.1 Å². The smallest absolute Gasteiger partial charge is 0.0359 e. The summed E-state index contributed by atoms with van der Waals surface area (Å²) >= 11 is 0. The van der Waals surface area contributed by atoms with Crippen molar-refractivity contribution < 1.29 is 0 Å². The van der Waals surface area contributed by atoms with Crippen LogP contribution in [0.25, 0.3) is 0 Å². The molecule has 20 heavy (non-hydrogen) atoms. The van der Waals surface area contributed by atoms with Gasteiger partial charge in [0.05, 0.1) is 0 Å². The summed E-state index contributed by atoms with van der Waals surface area (Å²) < 4.78 is 2.34. The van der Waals surface area contributed by atoms with Crippen molar-refractivity contribution in [3.63, 3.8) is 0 Å². The van der Waals surface area contributed by atoms with Crippen molar-refractivity contribution in [1.29, 1.82) is 0 Å². The number of aryl methyl sites for hydroxylation is 1. The summed E-state index contributed by atoms with van der Waals surface area (Å²) in [5.74, 6) is 0.617. The standard InChI is InChI=1S/C18H26N2/c1-3-13-20-14-7-10-18(20)15-19-12-11-16(2)17-8-5-4-6-9-17/h4-10,14,16,19H,3,11-13,15H2,1-2H3. The third-order valence-electron chi connectivity index (χ3n) is 3.82. The molecule has 0 aliphatic carbocycles. The van der Waals surface area contributed by atoms with E-state index in [0.717, 1.165) is 19.6 Å². The van der Waals surface area contributed by atoms with Crippen LogP contribution in [-0.2, 0) is 13.1 Å². The van der Waals surface area contributed by atoms with Gasteiger partial charge in [-0.05, 0) is 43.0 Å². The molecular formula is C18H26N2. The first kappa shape index (κ1) is 14.9. The fraction of sp³-hybridized carbons (Fsp3) is 0.444. The van der Waals surface area contributed by atoms with E-state index in [1.165, 1.54) is 24.1 Å². The van der Waals surface area contributed by atoms with Crippen molar-refractivity contribution in [2.75, 3.05) is 6.54 Å². The van der Waals surface area contributed by atoms with Gasteiger partial charge in [0.2, 0.25) is 0 Å². The highest BCUT2D eigenvalue weighted by atomic mass is 15.0. The number of rotatable bonds is 8. The van der Waals surface area contributed by atoms with Crippen LogP contribution in [0.5, 0.6) is 0 Å². The van der Waals surface area contributed by atoms with Gasteiger partial charge in [-0.3, -0.25) is 0 Å². The summed E-state index contributed by atoms with van der Waals surface area (Å²) in [6, 6.07) is 15.1. The molecule has 2 nitrogen and oxygen atoms in total. The Balaban J connectivity index is 1.72. The highest BCUT2D eigenvalue weighted by molar-refractivity contribution is 5.18. The predicted octanol–water partition coefficient (Wildman–Crippen LogP) is 4.18. The second kappa shape index (κ2) is 7.91. The first-order valence-corrected chi connectivity index (χ1v) is 7.71. The Morgan fingerprint density at radius 2 is 1.90 bits per heavy atom. The van der Waals surface area contributed by atoms with Gasteiger partial charge in [-0.2, -0.15) is 0 Å². The molecule has 1 aromatic carbocycles. The number of aromatic nitrogens is 1. The molecule has 0 saturated heterocycles. The van der Waals surface area contributed by atoms with E-state index in [9.17, 15) is 0 Å². The molecule has 2 aromatic rings. The normalized spacial score (nSPS) is 12.5. The molecule has 1 N–H and O–H groups in total. The molecule has 0 radical (unpaired) electrons. The van der Waals surface area contributed by atoms with E-state index in [2.05, 4.69) is 72.4 Å². The van der Waals surface area contributed by atoms with E-state index in [4.69, 9.17) is 0 Å². The number of benzene rings is 1. The van der Waals surface area contributed by atoms with Gasteiger partial charge in [-0.25, -0.2) is 0 Å². The number of hydrogen-bond acceptors (Lipinski definition) is 1. The molecular weight excluding hydrogens is 244 g/mol. The van der Waals surface area contributed by atoms with Crippen molar-refractivity contribution >= 4 is 0 Å². The summed E-state index contributed by atoms with van der Waals surface area (Å²) in [6.45, 7) is 7.67. The fourth-order valence-electron chi connectivity index (χ4n) is 2.55. The highest BCUT2D eigenvalue weighted by Gasteiger charge is 2.04. The molecule has 1 unspecified atom stereocenters. The maximum Gasteiger partial charge on any atom is 0.0359 e. The lowest BCUT2D eigenvalue weighted by atomic mass is 9.98. The lowest BCUT2D eigenvalue weighted by molar-refractivity contribution is 0.565. The van der Waals surface area contributed by atoms with E-state index in [-0.39, 0.29) is 0 Å². The van der Waals surface area contributed by atoms with Gasteiger partial charge in [0.25, 0.3) is 0 Å². The third kappa shape index (κ3) is 4.24. The molecule has 108 valence electrons. The Hall–Kier alpha value is -1.54. The predicted molar refractivity (Wildman–Crippen MR) is 85.9 cm³/mol. The van der Waals surface area contributed by atoms with Crippen LogP contribution in [0.3, 0.4) is 0 Å². The second-order valence-corrected chi connectivity index (χ2v) is 5.47. The van der Waals surface area contributed by atoms with Gasteiger partial charge in [0.1, 0.15) is 0 Å². The van der Waals surface area contributed by atoms with Crippen LogP contribution < -0.4 is 5.32 Å². The average Bonchev–Trinajstić information content (AvgIpc) is 2.92. The Kier molecular flexibility index (Phi) is 5.87. The molecule has 0 amide bonds. The van der Waals surface area contributed by atoms with Crippen LogP contribution in [0.1, 0.15) is 43.9 Å². The minimum atomic E-state index is 0.617. The van der Waals surface area contributed by atoms with E-state index < -0.39 is 0 Å². The molecule has 0 aliphatic rings. The van der Waals surface area contributed by atoms with Gasteiger partial charge in [-0.15, -0.1) is 0 Å². The molecule has 0 spiro atoms. The van der Waals surface area contributed by atoms with Crippen LogP contribution in [0.15, 0.2) is 48.7 Å². The van der Waals surface area contributed by atoms with E-state index >= 15 is 0 Å². The Morgan fingerprint density at radius 3 is 2.65 bits per heavy atom. The van der Waals surface area contributed by atoms with Crippen LogP contribution >= 0.6 is 0 Å². The number of nitrogens with one attached hydrogen (secondary N) is 1. The molecule has 0 bridgehead atoms. The van der Waals surface area contributed by atoms with Crippen LogP contribution in [0, 0.1) is 0 Å². The second-order valence-electron chi connectivity index (χ2n) is 5.47. The fourth-order valence-corrected chi connectivity index (χ4v) is 2.55. The van der Waals surface area contributed by atoms with E-state index in [1.54, 1.807) is 0 Å². The molecule has 0 saturated carbocycles. The van der Waals surface area contributed by atoms with Crippen molar-refractivity contribution in [1.82, 2.24) is 9.88 Å². The SMILES string of the molecule is CCCn1cccc1CNCCC(C)c1ccccc1. The lowest BCUT2D eigenvalue weighted by Gasteiger charge is -2.13. The monoisotopic (exact) mass is 270 g/mol. The Bertz CT molecular complexity index is 487. The zero-order valence-electron chi connectivity index (χ0n) is 12.7. The van der Waals surface area contributed by atoms with Gasteiger partial charge in [-0.1, -0.05) is 44.2 Å². The molecule has 1 aromatic heterocycles. The van der Waals surface area contributed by atoms with Gasteiger partial charge in [0.15, 0.2) is 0 Å². The van der Waals surface area contributed by atoms with Crippen LogP contribution in [0.2, 0.25) is 0 Å². The first-order chi connectivity index (χ1) is 9.81. The largest absolute Gasteiger partial charge is 0.350 e. The molecule has 2 rings (SSSR count). The zero-order chi connectivity index (χ0) is 14.2. The van der Waals surface area contributed by atoms with E-state index in [1.807, 2.05) is 0 Å². The summed E-state index contributed by atoms with van der Waals surface area (Å²) in [6.07, 6.45) is 4.54. The minimum Gasteiger partial charge on any atom is -0.350 e. The maximum atomic E-state index is 3.57. The number of hydrogen-bond donors (Lipinski definition) is 1. The highest BCUT2D eigenvalue weighted by Crippen LogP contribution is 2.17. The van der Waals surface area contributed by atoms with Crippen molar-refractivity contribution in [2.24, 2.45) is 0 Å². The summed E-state index contributed by atoms with van der Waals surface area (Å²) in [5.41, 5.74) is 2.82. The first-order valence-electron chi connectivity index (χ1n) is 7.71. The minimum absolute atomic E-state index is 0.617. The van der Waals surface area contributed by atoms with E-state index in [0.29, 0.717) is 5.92 Å². The average molecular weight is 270 g/mol. The molecule has 1 heterocycles. The van der Waals surface area contributed by atoms with Gasteiger partial charge in [0, 0.05) is 25.0 Å². The van der Waals surface area contributed by atoms with Crippen molar-refractivity contribution in [3.8, 4) is 0 Å². The zero-order valence-corrected chi connectivity index (χ0v) is 12.7. The summed E-state index contributed by atoms with van der Waals surface area (Å²) in [4.78, 5) is 0. The molecule has 2 heteroatoms. The van der Waals surface area contributed by atoms with Crippen LogP contribution in [0.4, 0.5) is 0 Å². The Labute approximate surface area is 122 Å². The summed E-state index contributed by atoms with van der Waals surface area (Å²) in [5, 5.41) is 3.57. The quantitative estimate of drug-likeness (QED) is 0.712.